The summed E-state index contributed by atoms with van der Waals surface area (Å²) in [5.74, 6) is -0.241. The number of hydrogen-bond acceptors (Lipinski definition) is 5. The van der Waals surface area contributed by atoms with Gasteiger partial charge in [0.1, 0.15) is 13.2 Å². The average molecular weight is 1020 g/mol. The van der Waals surface area contributed by atoms with Crippen molar-refractivity contribution in [1.29, 1.82) is 0 Å². The second-order valence-electron chi connectivity index (χ2n) is 19.2. The van der Waals surface area contributed by atoms with Crippen LogP contribution in [0.25, 0.3) is 0 Å². The number of carbonyl (C=O) groups is 1. The summed E-state index contributed by atoms with van der Waals surface area (Å²) in [7, 11) is 1.49. The number of allylic oxidation sites excluding steroid dienone is 25. The number of unbranched alkanes of at least 4 members (excludes halogenated alkanes) is 11. The van der Waals surface area contributed by atoms with Crippen molar-refractivity contribution in [1.82, 2.24) is 5.32 Å². The topological polar surface area (TPSA) is 105 Å². The van der Waals surface area contributed by atoms with E-state index in [1.807, 2.05) is 27.2 Å². The lowest BCUT2D eigenvalue weighted by atomic mass is 10.1. The highest BCUT2D eigenvalue weighted by atomic mass is 31.2. The molecule has 0 aliphatic carbocycles. The summed E-state index contributed by atoms with van der Waals surface area (Å²) in [4.78, 5) is 23.2. The molecule has 0 bridgehead atoms. The van der Waals surface area contributed by atoms with Gasteiger partial charge in [-0.15, -0.1) is 0 Å². The first kappa shape index (κ1) is 68.1. The van der Waals surface area contributed by atoms with Crippen molar-refractivity contribution in [3.05, 3.63) is 158 Å². The molecule has 406 valence electrons. The van der Waals surface area contributed by atoms with Gasteiger partial charge in [-0.25, -0.2) is 4.57 Å². The van der Waals surface area contributed by atoms with Crippen LogP contribution in [-0.4, -0.2) is 73.4 Å². The van der Waals surface area contributed by atoms with E-state index < -0.39 is 20.0 Å². The molecule has 72 heavy (non-hydrogen) atoms. The monoisotopic (exact) mass is 1020 g/mol. The van der Waals surface area contributed by atoms with Crippen LogP contribution in [0.15, 0.2) is 158 Å². The summed E-state index contributed by atoms with van der Waals surface area (Å²) in [6.45, 7) is 4.60. The van der Waals surface area contributed by atoms with Gasteiger partial charge in [-0.05, 0) is 122 Å². The number of rotatable bonds is 48. The second kappa shape index (κ2) is 52.0. The van der Waals surface area contributed by atoms with E-state index in [-0.39, 0.29) is 25.5 Å². The van der Waals surface area contributed by atoms with Crippen LogP contribution in [0.4, 0.5) is 0 Å². The molecule has 0 spiro atoms. The number of carbonyl (C=O) groups excluding carboxylic acids is 1. The molecule has 0 fully saturated rings. The molecule has 0 rings (SSSR count). The maximum Gasteiger partial charge on any atom is 0.472 e. The van der Waals surface area contributed by atoms with Crippen LogP contribution < -0.4 is 5.32 Å². The predicted molar refractivity (Wildman–Crippen MR) is 313 cm³/mol. The highest BCUT2D eigenvalue weighted by molar-refractivity contribution is 7.47. The van der Waals surface area contributed by atoms with Gasteiger partial charge in [0.05, 0.1) is 39.9 Å². The molecule has 0 aromatic carbocycles. The zero-order valence-electron chi connectivity index (χ0n) is 46.1. The Bertz CT molecular complexity index is 1720. The van der Waals surface area contributed by atoms with Gasteiger partial charge in [0, 0.05) is 6.42 Å². The molecule has 0 saturated carbocycles. The van der Waals surface area contributed by atoms with E-state index in [1.54, 1.807) is 6.08 Å². The smallest absolute Gasteiger partial charge is 0.387 e. The number of amides is 1. The van der Waals surface area contributed by atoms with Gasteiger partial charge in [-0.2, -0.15) is 0 Å². The normalized spacial score (nSPS) is 15.2. The van der Waals surface area contributed by atoms with Crippen molar-refractivity contribution in [2.75, 3.05) is 40.9 Å². The van der Waals surface area contributed by atoms with E-state index in [0.717, 1.165) is 103 Å². The summed E-state index contributed by atoms with van der Waals surface area (Å²) in [6, 6.07) is -0.906. The number of hydrogen-bond donors (Lipinski definition) is 3. The standard InChI is InChI=1S/C63H103N2O6P/c1-6-8-10-12-14-16-18-20-22-24-25-26-27-28-29-30-31-32-33-34-35-36-37-38-39-41-43-45-47-49-51-53-55-57-63(67)64-61(60-71-72(68,69)70-59-58-65(3,4)5)62(66)56-54-52-50-48-46-44-42-40-23-21-19-17-15-13-11-9-7-2/h8,10,14,16,20,22-23,25-26,28-29,31-32,34-35,37-38,40-41,43,46-49,54,56,61-62,66H,6-7,9,11-13,15,17-19,21,24,27,30,33,36,39,42,44-45,50-53,55,57-60H2,1-5H3,(H-,64,67,68,69)/p+1/b10-8-,16-14-,22-20-,26-25-,29-28-,32-31-,35-34-,38-37-,40-23+,43-41-,48-46+,49-47-,56-54+. The SMILES string of the molecule is CC/C=C\C/C=C\C/C=C\C/C=C\C/C=C\C/C=C\C/C=C\C/C=C\C/C=C\C/C=C\CCCCC(=O)NC(COP(=O)(O)OCC[N+](C)(C)C)C(O)/C=C/CC/C=C/CC/C=C/CCCCCCCCC. The fourth-order valence-electron chi connectivity index (χ4n) is 6.86. The molecule has 0 heterocycles. The number of likely N-dealkylation sites (N-methyl/N-ethyl adjacent to an activating group) is 1. The van der Waals surface area contributed by atoms with E-state index in [1.165, 1.54) is 51.4 Å². The average Bonchev–Trinajstić information content (AvgIpc) is 3.34. The fraction of sp³-hybridized carbons (Fsp3) is 0.571. The Morgan fingerprint density at radius 3 is 1.28 bits per heavy atom. The molecule has 0 aliphatic rings. The van der Waals surface area contributed by atoms with Gasteiger partial charge in [-0.3, -0.25) is 13.8 Å². The quantitative estimate of drug-likeness (QED) is 0.0243. The summed E-state index contributed by atoms with van der Waals surface area (Å²) < 4.78 is 23.6. The van der Waals surface area contributed by atoms with Crippen molar-refractivity contribution < 1.29 is 32.9 Å². The van der Waals surface area contributed by atoms with Gasteiger partial charge in [-0.1, -0.05) is 210 Å². The summed E-state index contributed by atoms with van der Waals surface area (Å²) in [6.07, 6.45) is 82.0. The Morgan fingerprint density at radius 2 is 0.847 bits per heavy atom. The highest BCUT2D eigenvalue weighted by Gasteiger charge is 2.27. The number of nitrogens with one attached hydrogen (secondary N) is 1. The Morgan fingerprint density at radius 1 is 0.486 bits per heavy atom. The molecular weight excluding hydrogens is 912 g/mol. The molecule has 0 aromatic heterocycles. The first-order valence-electron chi connectivity index (χ1n) is 27.9. The van der Waals surface area contributed by atoms with Crippen molar-refractivity contribution in [2.45, 2.75) is 193 Å². The van der Waals surface area contributed by atoms with E-state index in [2.05, 4.69) is 165 Å². The number of nitrogens with zero attached hydrogens (tertiary/aromatic N) is 1. The van der Waals surface area contributed by atoms with Gasteiger partial charge in [0.2, 0.25) is 5.91 Å². The Hall–Kier alpha value is -3.88. The molecule has 3 unspecified atom stereocenters. The zero-order valence-corrected chi connectivity index (χ0v) is 47.0. The summed E-state index contributed by atoms with van der Waals surface area (Å²) in [5, 5.41) is 13.8. The summed E-state index contributed by atoms with van der Waals surface area (Å²) >= 11 is 0. The third-order valence-electron chi connectivity index (χ3n) is 11.2. The van der Waals surface area contributed by atoms with Crippen LogP contribution in [0.5, 0.6) is 0 Å². The van der Waals surface area contributed by atoms with E-state index in [9.17, 15) is 19.4 Å². The number of aliphatic hydroxyl groups is 1. The van der Waals surface area contributed by atoms with E-state index in [0.29, 0.717) is 17.4 Å². The maximum atomic E-state index is 12.9. The molecule has 3 N–H and O–H groups in total. The third-order valence-corrected chi connectivity index (χ3v) is 12.2. The van der Waals surface area contributed by atoms with Gasteiger partial charge in [0.25, 0.3) is 0 Å². The van der Waals surface area contributed by atoms with Crippen molar-refractivity contribution in [3.8, 4) is 0 Å². The summed E-state index contributed by atoms with van der Waals surface area (Å²) in [5.41, 5.74) is 0. The van der Waals surface area contributed by atoms with Crippen LogP contribution in [0.3, 0.4) is 0 Å². The lowest BCUT2D eigenvalue weighted by Crippen LogP contribution is -2.45. The molecule has 0 saturated heterocycles. The van der Waals surface area contributed by atoms with E-state index in [4.69, 9.17) is 9.05 Å². The van der Waals surface area contributed by atoms with Crippen LogP contribution >= 0.6 is 7.82 Å². The van der Waals surface area contributed by atoms with Crippen molar-refractivity contribution in [2.24, 2.45) is 0 Å². The highest BCUT2D eigenvalue weighted by Crippen LogP contribution is 2.43. The first-order valence-corrected chi connectivity index (χ1v) is 29.4. The van der Waals surface area contributed by atoms with Gasteiger partial charge < -0.3 is 19.8 Å². The predicted octanol–water partition coefficient (Wildman–Crippen LogP) is 17.1. The number of aliphatic hydroxyl groups excluding tert-OH is 1. The minimum absolute atomic E-state index is 0.0354. The number of quaternary nitrogens is 1. The molecule has 0 aliphatic heterocycles. The molecule has 8 nitrogen and oxygen atoms in total. The lowest BCUT2D eigenvalue weighted by molar-refractivity contribution is -0.870. The number of phosphoric acid groups is 1. The Labute approximate surface area is 441 Å². The van der Waals surface area contributed by atoms with Gasteiger partial charge >= 0.3 is 7.82 Å². The molecular formula is C63H104N2O6P+. The van der Waals surface area contributed by atoms with E-state index >= 15 is 0 Å². The van der Waals surface area contributed by atoms with Crippen LogP contribution in [-0.2, 0) is 18.4 Å². The van der Waals surface area contributed by atoms with Crippen molar-refractivity contribution in [3.63, 3.8) is 0 Å². The molecule has 1 amide bonds. The molecule has 9 heteroatoms. The first-order chi connectivity index (χ1) is 35.0. The van der Waals surface area contributed by atoms with Crippen LogP contribution in [0.2, 0.25) is 0 Å². The van der Waals surface area contributed by atoms with Crippen LogP contribution in [0.1, 0.15) is 181 Å². The van der Waals surface area contributed by atoms with Gasteiger partial charge in [0.15, 0.2) is 0 Å². The maximum absolute atomic E-state index is 12.9. The molecule has 3 atom stereocenters. The van der Waals surface area contributed by atoms with Crippen LogP contribution in [0, 0.1) is 0 Å². The molecule has 0 radical (unpaired) electrons. The minimum atomic E-state index is -4.38. The molecule has 0 aromatic rings. The zero-order chi connectivity index (χ0) is 52.7. The Balaban J connectivity index is 4.41. The van der Waals surface area contributed by atoms with Crippen molar-refractivity contribution >= 4 is 13.7 Å². The second-order valence-corrected chi connectivity index (χ2v) is 20.7. The minimum Gasteiger partial charge on any atom is -0.387 e. The Kier molecular flexibility index (Phi) is 49.2. The third kappa shape index (κ3) is 53.9. The fourth-order valence-corrected chi connectivity index (χ4v) is 7.60. The largest absolute Gasteiger partial charge is 0.472 e. The number of phosphoric ester groups is 1. The lowest BCUT2D eigenvalue weighted by Gasteiger charge is -2.25.